The molecule has 1 aliphatic carbocycles. The Morgan fingerprint density at radius 3 is 3.04 bits per heavy atom. The number of thiophene rings is 1. The van der Waals surface area contributed by atoms with Crippen molar-refractivity contribution < 1.29 is 4.79 Å². The zero-order valence-electron chi connectivity index (χ0n) is 13.0. The van der Waals surface area contributed by atoms with Crippen molar-refractivity contribution in [1.29, 1.82) is 0 Å². The maximum Gasteiger partial charge on any atom is 0.238 e. The minimum atomic E-state index is -0.0870. The van der Waals surface area contributed by atoms with Crippen molar-refractivity contribution in [2.24, 2.45) is 5.92 Å². The predicted octanol–water partition coefficient (Wildman–Crippen LogP) is 3.44. The molecular weight excluding hydrogens is 326 g/mol. The van der Waals surface area contributed by atoms with Crippen molar-refractivity contribution in [1.82, 2.24) is 15.3 Å². The summed E-state index contributed by atoms with van der Waals surface area (Å²) in [4.78, 5) is 23.2. The molecule has 4 rings (SSSR count). The van der Waals surface area contributed by atoms with Gasteiger partial charge in [0.05, 0.1) is 6.04 Å². The van der Waals surface area contributed by atoms with Gasteiger partial charge in [0.25, 0.3) is 0 Å². The van der Waals surface area contributed by atoms with Crippen LogP contribution < -0.4 is 5.32 Å². The number of hydrogen-bond acceptors (Lipinski definition) is 5. The van der Waals surface area contributed by atoms with E-state index in [2.05, 4.69) is 26.7 Å². The third kappa shape index (κ3) is 3.15. The Labute approximate surface area is 144 Å². The summed E-state index contributed by atoms with van der Waals surface area (Å²) in [5.41, 5.74) is 2.14. The first-order valence-corrected chi connectivity index (χ1v) is 9.93. The topological polar surface area (TPSA) is 54.9 Å². The summed E-state index contributed by atoms with van der Waals surface area (Å²) < 4.78 is 0. The summed E-state index contributed by atoms with van der Waals surface area (Å²) in [6.45, 7) is 1.96. The Morgan fingerprint density at radius 2 is 2.26 bits per heavy atom. The van der Waals surface area contributed by atoms with Crippen molar-refractivity contribution in [2.75, 3.05) is 5.75 Å². The molecule has 3 heterocycles. The van der Waals surface area contributed by atoms with Gasteiger partial charge in [-0.1, -0.05) is 0 Å². The van der Waals surface area contributed by atoms with E-state index in [1.165, 1.54) is 10.4 Å². The van der Waals surface area contributed by atoms with Gasteiger partial charge in [0, 0.05) is 16.8 Å². The largest absolute Gasteiger partial charge is 0.345 e. The molecule has 2 aliphatic rings. The molecule has 4 nitrogen and oxygen atoms in total. The molecule has 1 N–H and O–H groups in total. The van der Waals surface area contributed by atoms with E-state index in [0.717, 1.165) is 36.5 Å². The average molecular weight is 345 g/mol. The molecule has 2 unspecified atom stereocenters. The van der Waals surface area contributed by atoms with Gasteiger partial charge >= 0.3 is 0 Å². The van der Waals surface area contributed by atoms with Gasteiger partial charge in [-0.25, -0.2) is 9.97 Å². The summed E-state index contributed by atoms with van der Waals surface area (Å²) in [6.07, 6.45) is 5.15. The molecule has 0 bridgehead atoms. The second kappa shape index (κ2) is 6.24. The highest BCUT2D eigenvalue weighted by Gasteiger charge is 2.37. The number of hydrogen-bond donors (Lipinski definition) is 1. The Kier molecular flexibility index (Phi) is 4.11. The summed E-state index contributed by atoms with van der Waals surface area (Å²) in [5, 5.41) is 5.25. The molecule has 0 aromatic carbocycles. The van der Waals surface area contributed by atoms with Crippen molar-refractivity contribution in [2.45, 2.75) is 37.5 Å². The molecule has 1 amide bonds. The molecule has 1 fully saturated rings. The fourth-order valence-corrected chi connectivity index (χ4v) is 5.34. The highest BCUT2D eigenvalue weighted by molar-refractivity contribution is 8.00. The number of fused-ring (bicyclic) bond motifs is 1. The molecule has 0 radical (unpaired) electrons. The number of thioether (sulfide) groups is 1. The summed E-state index contributed by atoms with van der Waals surface area (Å²) in [6, 6.07) is 3.95. The maximum absolute atomic E-state index is 12.9. The van der Waals surface area contributed by atoms with Crippen LogP contribution in [0.5, 0.6) is 0 Å². The molecule has 1 saturated carbocycles. The Balaban J connectivity index is 1.55. The van der Waals surface area contributed by atoms with Gasteiger partial charge in [0.1, 0.15) is 5.25 Å². The van der Waals surface area contributed by atoms with Crippen LogP contribution in [0.25, 0.3) is 0 Å². The van der Waals surface area contributed by atoms with Crippen LogP contribution in [-0.2, 0) is 11.2 Å². The lowest BCUT2D eigenvalue weighted by Crippen LogP contribution is -2.35. The zero-order chi connectivity index (χ0) is 15.8. The van der Waals surface area contributed by atoms with E-state index in [4.69, 9.17) is 0 Å². The molecule has 120 valence electrons. The highest BCUT2D eigenvalue weighted by atomic mass is 32.2. The van der Waals surface area contributed by atoms with E-state index < -0.39 is 0 Å². The van der Waals surface area contributed by atoms with Crippen LogP contribution in [-0.4, -0.2) is 21.6 Å². The number of nitrogens with zero attached hydrogens (tertiary/aromatic N) is 2. The lowest BCUT2D eigenvalue weighted by molar-refractivity contribution is -0.121. The number of carbonyl (C=O) groups excluding carboxylic acids is 1. The fraction of sp³-hybridized carbons (Fsp3) is 0.471. The minimum absolute atomic E-state index is 0.0491. The SMILES string of the molecule is Cc1ccnc(C(NC(=O)C2SCCc3sccc32)C2CC2)n1. The zero-order valence-corrected chi connectivity index (χ0v) is 14.6. The quantitative estimate of drug-likeness (QED) is 0.922. The summed E-state index contributed by atoms with van der Waals surface area (Å²) in [7, 11) is 0. The van der Waals surface area contributed by atoms with Crippen LogP contribution in [0, 0.1) is 12.8 Å². The molecule has 0 saturated heterocycles. The molecule has 0 spiro atoms. The van der Waals surface area contributed by atoms with E-state index in [1.807, 2.05) is 13.0 Å². The van der Waals surface area contributed by atoms with Crippen molar-refractivity contribution in [3.8, 4) is 0 Å². The maximum atomic E-state index is 12.9. The van der Waals surface area contributed by atoms with Crippen molar-refractivity contribution in [3.63, 3.8) is 0 Å². The molecule has 2 atom stereocenters. The number of aromatic nitrogens is 2. The molecule has 2 aromatic rings. The van der Waals surface area contributed by atoms with E-state index in [1.54, 1.807) is 29.3 Å². The minimum Gasteiger partial charge on any atom is -0.345 e. The van der Waals surface area contributed by atoms with Crippen LogP contribution in [0.15, 0.2) is 23.7 Å². The molecule has 1 aliphatic heterocycles. The van der Waals surface area contributed by atoms with Gasteiger partial charge in [-0.15, -0.1) is 23.1 Å². The molecule has 2 aromatic heterocycles. The number of rotatable bonds is 4. The average Bonchev–Trinajstić information content (AvgIpc) is 3.28. The molecule has 23 heavy (non-hydrogen) atoms. The third-order valence-electron chi connectivity index (χ3n) is 4.40. The first-order valence-electron chi connectivity index (χ1n) is 8.00. The van der Waals surface area contributed by atoms with Gasteiger partial charge in [0.15, 0.2) is 5.82 Å². The van der Waals surface area contributed by atoms with Gasteiger partial charge in [-0.2, -0.15) is 0 Å². The molecule has 6 heteroatoms. The van der Waals surface area contributed by atoms with Crippen LogP contribution >= 0.6 is 23.1 Å². The second-order valence-electron chi connectivity index (χ2n) is 6.18. The second-order valence-corrected chi connectivity index (χ2v) is 8.39. The van der Waals surface area contributed by atoms with Crippen LogP contribution in [0.1, 0.15) is 46.1 Å². The van der Waals surface area contributed by atoms with E-state index in [0.29, 0.717) is 5.92 Å². The van der Waals surface area contributed by atoms with Crippen molar-refractivity contribution in [3.05, 3.63) is 45.7 Å². The summed E-state index contributed by atoms with van der Waals surface area (Å²) in [5.74, 6) is 2.36. The van der Waals surface area contributed by atoms with Crippen molar-refractivity contribution >= 4 is 29.0 Å². The van der Waals surface area contributed by atoms with Gasteiger partial charge in [0.2, 0.25) is 5.91 Å². The van der Waals surface area contributed by atoms with Crippen LogP contribution in [0.3, 0.4) is 0 Å². The number of nitrogens with one attached hydrogen (secondary N) is 1. The van der Waals surface area contributed by atoms with Gasteiger partial charge in [-0.3, -0.25) is 4.79 Å². The number of amides is 1. The lowest BCUT2D eigenvalue weighted by atomic mass is 10.1. The van der Waals surface area contributed by atoms with E-state index in [9.17, 15) is 4.79 Å². The van der Waals surface area contributed by atoms with Crippen LogP contribution in [0.2, 0.25) is 0 Å². The van der Waals surface area contributed by atoms with E-state index in [-0.39, 0.29) is 17.2 Å². The van der Waals surface area contributed by atoms with Gasteiger partial charge < -0.3 is 5.32 Å². The van der Waals surface area contributed by atoms with Crippen LogP contribution in [0.4, 0.5) is 0 Å². The Morgan fingerprint density at radius 1 is 1.39 bits per heavy atom. The Bertz CT molecular complexity index is 726. The van der Waals surface area contributed by atoms with Gasteiger partial charge in [-0.05, 0) is 60.9 Å². The standard InChI is InChI=1S/C17H19N3OS2/c1-10-4-7-18-16(19-10)14(11-2-3-11)20-17(21)15-12-5-8-22-13(12)6-9-23-15/h4-5,7-8,11,14-15H,2-3,6,9H2,1H3,(H,20,21). The first kappa shape index (κ1) is 15.1. The first-order chi connectivity index (χ1) is 11.2. The third-order valence-corrected chi connectivity index (χ3v) is 6.63. The summed E-state index contributed by atoms with van der Waals surface area (Å²) >= 11 is 3.51. The monoisotopic (exact) mass is 345 g/mol. The number of aryl methyl sites for hydroxylation is 2. The lowest BCUT2D eigenvalue weighted by Gasteiger charge is -2.24. The number of carbonyl (C=O) groups is 1. The Hall–Kier alpha value is -1.40. The fourth-order valence-electron chi connectivity index (χ4n) is 3.03. The highest BCUT2D eigenvalue weighted by Crippen LogP contribution is 2.43. The van der Waals surface area contributed by atoms with E-state index >= 15 is 0 Å². The normalized spacial score (nSPS) is 21.5. The smallest absolute Gasteiger partial charge is 0.238 e. The molecular formula is C17H19N3OS2. The predicted molar refractivity (Wildman–Crippen MR) is 93.6 cm³/mol.